The van der Waals surface area contributed by atoms with Crippen molar-refractivity contribution in [3.8, 4) is 0 Å². The number of hydrogen-bond donors (Lipinski definition) is 2. The molecule has 1 fully saturated rings. The van der Waals surface area contributed by atoms with Gasteiger partial charge in [-0.25, -0.2) is 0 Å². The van der Waals surface area contributed by atoms with Gasteiger partial charge in [0, 0.05) is 18.0 Å². The molecular formula is C12H24N2O. The van der Waals surface area contributed by atoms with Crippen LogP contribution in [0.15, 0.2) is 0 Å². The van der Waals surface area contributed by atoms with Crippen LogP contribution in [0.4, 0.5) is 0 Å². The van der Waals surface area contributed by atoms with E-state index in [1.54, 1.807) is 0 Å². The van der Waals surface area contributed by atoms with Gasteiger partial charge in [0.05, 0.1) is 0 Å². The van der Waals surface area contributed by atoms with E-state index in [9.17, 15) is 4.79 Å². The molecule has 3 N–H and O–H groups in total. The van der Waals surface area contributed by atoms with Gasteiger partial charge in [0.2, 0.25) is 5.91 Å². The SMILES string of the molecule is CC(N)CCCC(=O)NC(C)(C)C1CC1. The van der Waals surface area contributed by atoms with Crippen molar-refractivity contribution in [3.05, 3.63) is 0 Å². The van der Waals surface area contributed by atoms with Gasteiger partial charge in [0.25, 0.3) is 0 Å². The van der Waals surface area contributed by atoms with E-state index in [1.807, 2.05) is 6.92 Å². The lowest BCUT2D eigenvalue weighted by Crippen LogP contribution is -2.45. The Bertz CT molecular complexity index is 220. The van der Waals surface area contributed by atoms with Gasteiger partial charge in [-0.3, -0.25) is 4.79 Å². The van der Waals surface area contributed by atoms with Gasteiger partial charge in [-0.1, -0.05) is 0 Å². The Labute approximate surface area is 92.8 Å². The number of carbonyl (C=O) groups is 1. The van der Waals surface area contributed by atoms with Crippen LogP contribution in [0.5, 0.6) is 0 Å². The van der Waals surface area contributed by atoms with Crippen LogP contribution in [0.2, 0.25) is 0 Å². The Morgan fingerprint density at radius 1 is 1.53 bits per heavy atom. The first-order chi connectivity index (χ1) is 6.92. The van der Waals surface area contributed by atoms with Crippen LogP contribution in [0.1, 0.15) is 52.9 Å². The first kappa shape index (κ1) is 12.5. The van der Waals surface area contributed by atoms with E-state index in [1.165, 1.54) is 12.8 Å². The third kappa shape index (κ3) is 4.65. The van der Waals surface area contributed by atoms with E-state index in [2.05, 4.69) is 19.2 Å². The summed E-state index contributed by atoms with van der Waals surface area (Å²) in [5.41, 5.74) is 5.62. The summed E-state index contributed by atoms with van der Waals surface area (Å²) in [5.74, 6) is 0.863. The average Bonchev–Trinajstić information content (AvgIpc) is 2.83. The molecule has 3 heteroatoms. The molecule has 15 heavy (non-hydrogen) atoms. The minimum absolute atomic E-state index is 0.00852. The third-order valence-corrected chi connectivity index (χ3v) is 3.12. The standard InChI is InChI=1S/C12H24N2O/c1-9(13)5-4-6-11(15)14-12(2,3)10-7-8-10/h9-10H,4-8,13H2,1-3H3,(H,14,15). The molecule has 0 saturated heterocycles. The highest BCUT2D eigenvalue weighted by molar-refractivity contribution is 5.76. The van der Waals surface area contributed by atoms with Crippen LogP contribution in [-0.4, -0.2) is 17.5 Å². The van der Waals surface area contributed by atoms with Gasteiger partial charge in [-0.15, -0.1) is 0 Å². The second-order valence-corrected chi connectivity index (χ2v) is 5.41. The van der Waals surface area contributed by atoms with Crippen molar-refractivity contribution in [1.82, 2.24) is 5.32 Å². The van der Waals surface area contributed by atoms with Gasteiger partial charge >= 0.3 is 0 Å². The fraction of sp³-hybridized carbons (Fsp3) is 0.917. The highest BCUT2D eigenvalue weighted by Gasteiger charge is 2.38. The van der Waals surface area contributed by atoms with E-state index in [4.69, 9.17) is 5.73 Å². The molecule has 0 aromatic heterocycles. The van der Waals surface area contributed by atoms with Crippen molar-refractivity contribution >= 4 is 5.91 Å². The van der Waals surface area contributed by atoms with Crippen LogP contribution >= 0.6 is 0 Å². The fourth-order valence-electron chi connectivity index (χ4n) is 1.91. The van der Waals surface area contributed by atoms with Crippen molar-refractivity contribution in [1.29, 1.82) is 0 Å². The van der Waals surface area contributed by atoms with E-state index >= 15 is 0 Å². The second-order valence-electron chi connectivity index (χ2n) is 5.41. The smallest absolute Gasteiger partial charge is 0.220 e. The molecule has 0 aromatic rings. The van der Waals surface area contributed by atoms with Crippen LogP contribution in [0, 0.1) is 5.92 Å². The molecule has 3 nitrogen and oxygen atoms in total. The Kier molecular flexibility index (Phi) is 4.14. The summed E-state index contributed by atoms with van der Waals surface area (Å²) in [6, 6.07) is 0.203. The monoisotopic (exact) mass is 212 g/mol. The molecule has 1 aliphatic rings. The van der Waals surface area contributed by atoms with E-state index in [0.717, 1.165) is 12.8 Å². The maximum absolute atomic E-state index is 11.6. The van der Waals surface area contributed by atoms with Crippen molar-refractivity contribution in [2.24, 2.45) is 11.7 Å². The molecule has 1 unspecified atom stereocenters. The summed E-state index contributed by atoms with van der Waals surface area (Å²) in [7, 11) is 0. The predicted octanol–water partition coefficient (Wildman–Crippen LogP) is 1.81. The van der Waals surface area contributed by atoms with Crippen molar-refractivity contribution < 1.29 is 4.79 Å². The Morgan fingerprint density at radius 2 is 2.13 bits per heavy atom. The van der Waals surface area contributed by atoms with Crippen molar-refractivity contribution in [2.45, 2.75) is 64.5 Å². The Hall–Kier alpha value is -0.570. The molecule has 0 bridgehead atoms. The average molecular weight is 212 g/mol. The normalized spacial score (nSPS) is 18.7. The van der Waals surface area contributed by atoms with Crippen LogP contribution in [0.25, 0.3) is 0 Å². The molecule has 1 saturated carbocycles. The molecule has 0 aliphatic heterocycles. The van der Waals surface area contributed by atoms with E-state index < -0.39 is 0 Å². The number of hydrogen-bond acceptors (Lipinski definition) is 2. The van der Waals surface area contributed by atoms with Gasteiger partial charge in [0.1, 0.15) is 0 Å². The number of nitrogens with two attached hydrogens (primary N) is 1. The van der Waals surface area contributed by atoms with Gasteiger partial charge < -0.3 is 11.1 Å². The van der Waals surface area contributed by atoms with Gasteiger partial charge in [-0.05, 0) is 52.4 Å². The highest BCUT2D eigenvalue weighted by Crippen LogP contribution is 2.39. The van der Waals surface area contributed by atoms with E-state index in [0.29, 0.717) is 12.3 Å². The molecule has 1 rings (SSSR count). The predicted molar refractivity (Wildman–Crippen MR) is 62.4 cm³/mol. The summed E-state index contributed by atoms with van der Waals surface area (Å²) in [5, 5.41) is 3.11. The molecule has 88 valence electrons. The van der Waals surface area contributed by atoms with Gasteiger partial charge in [-0.2, -0.15) is 0 Å². The van der Waals surface area contributed by atoms with Gasteiger partial charge in [0.15, 0.2) is 0 Å². The van der Waals surface area contributed by atoms with Crippen LogP contribution in [-0.2, 0) is 4.79 Å². The van der Waals surface area contributed by atoms with E-state index in [-0.39, 0.29) is 17.5 Å². The molecule has 0 radical (unpaired) electrons. The molecule has 0 heterocycles. The molecule has 1 atom stereocenters. The lowest BCUT2D eigenvalue weighted by molar-refractivity contribution is -0.123. The Morgan fingerprint density at radius 3 is 2.60 bits per heavy atom. The summed E-state index contributed by atoms with van der Waals surface area (Å²) in [4.78, 5) is 11.6. The maximum Gasteiger partial charge on any atom is 0.220 e. The molecule has 1 amide bonds. The second kappa shape index (κ2) is 4.97. The summed E-state index contributed by atoms with van der Waals surface area (Å²) in [6.45, 7) is 6.22. The zero-order chi connectivity index (χ0) is 11.5. The first-order valence-corrected chi connectivity index (χ1v) is 5.98. The molecule has 0 aromatic carbocycles. The quantitative estimate of drug-likeness (QED) is 0.705. The lowest BCUT2D eigenvalue weighted by Gasteiger charge is -2.26. The molecular weight excluding hydrogens is 188 g/mol. The largest absolute Gasteiger partial charge is 0.351 e. The summed E-state index contributed by atoms with van der Waals surface area (Å²) in [6.07, 6.45) is 4.94. The van der Waals surface area contributed by atoms with Crippen molar-refractivity contribution in [3.63, 3.8) is 0 Å². The van der Waals surface area contributed by atoms with Crippen LogP contribution < -0.4 is 11.1 Å². The summed E-state index contributed by atoms with van der Waals surface area (Å²) < 4.78 is 0. The first-order valence-electron chi connectivity index (χ1n) is 5.98. The summed E-state index contributed by atoms with van der Waals surface area (Å²) >= 11 is 0. The molecule has 1 aliphatic carbocycles. The number of rotatable bonds is 6. The lowest BCUT2D eigenvalue weighted by atomic mass is 9.98. The highest BCUT2D eigenvalue weighted by atomic mass is 16.1. The minimum Gasteiger partial charge on any atom is -0.351 e. The molecule has 0 spiro atoms. The zero-order valence-corrected chi connectivity index (χ0v) is 10.2. The zero-order valence-electron chi connectivity index (χ0n) is 10.2. The van der Waals surface area contributed by atoms with Crippen molar-refractivity contribution in [2.75, 3.05) is 0 Å². The fourth-order valence-corrected chi connectivity index (χ4v) is 1.91. The Balaban J connectivity index is 2.17. The topological polar surface area (TPSA) is 55.1 Å². The third-order valence-electron chi connectivity index (χ3n) is 3.12. The maximum atomic E-state index is 11.6. The number of amides is 1. The minimum atomic E-state index is -0.00852. The number of nitrogens with one attached hydrogen (secondary N) is 1. The number of carbonyl (C=O) groups excluding carboxylic acids is 1. The van der Waals surface area contributed by atoms with Crippen LogP contribution in [0.3, 0.4) is 0 Å².